The largest absolute Gasteiger partial charge is 0.380 e. The molecule has 0 aliphatic heterocycles. The molecule has 1 fully saturated rings. The van der Waals surface area contributed by atoms with Crippen LogP contribution in [0.15, 0.2) is 12.4 Å². The molecule has 1 aliphatic carbocycles. The first-order valence-corrected chi connectivity index (χ1v) is 7.10. The molecule has 0 bridgehead atoms. The normalized spacial score (nSPS) is 25.5. The van der Waals surface area contributed by atoms with E-state index in [2.05, 4.69) is 30.5 Å². The predicted molar refractivity (Wildman–Crippen MR) is 72.2 cm³/mol. The lowest BCUT2D eigenvalue weighted by Crippen LogP contribution is -2.18. The molecule has 0 amide bonds. The van der Waals surface area contributed by atoms with Crippen molar-refractivity contribution in [2.24, 2.45) is 5.92 Å². The number of aryl methyl sites for hydroxylation is 1. The minimum absolute atomic E-state index is 0.654. The van der Waals surface area contributed by atoms with Crippen molar-refractivity contribution in [3.63, 3.8) is 0 Å². The van der Waals surface area contributed by atoms with Crippen LogP contribution in [0.1, 0.15) is 52.4 Å². The lowest BCUT2D eigenvalue weighted by molar-refractivity contribution is 0.444. The maximum Gasteiger partial charge on any atom is 0.0728 e. The van der Waals surface area contributed by atoms with Crippen molar-refractivity contribution in [2.45, 2.75) is 65.0 Å². The number of rotatable bonds is 4. The van der Waals surface area contributed by atoms with Crippen LogP contribution in [0.4, 0.5) is 5.69 Å². The second-order valence-corrected chi connectivity index (χ2v) is 5.21. The van der Waals surface area contributed by atoms with Crippen molar-refractivity contribution in [3.05, 3.63) is 12.4 Å². The first-order valence-electron chi connectivity index (χ1n) is 7.10. The van der Waals surface area contributed by atoms with Gasteiger partial charge in [0.2, 0.25) is 0 Å². The fourth-order valence-corrected chi connectivity index (χ4v) is 2.78. The van der Waals surface area contributed by atoms with E-state index in [1.165, 1.54) is 44.2 Å². The average molecular weight is 235 g/mol. The number of hydrogen-bond donors (Lipinski definition) is 1. The van der Waals surface area contributed by atoms with Gasteiger partial charge in [-0.05, 0) is 32.1 Å². The molecule has 1 saturated carbocycles. The van der Waals surface area contributed by atoms with Gasteiger partial charge >= 0.3 is 0 Å². The molecular weight excluding hydrogens is 210 g/mol. The summed E-state index contributed by atoms with van der Waals surface area (Å²) in [6.07, 6.45) is 12.2. The molecular formula is C14H25N3. The zero-order valence-electron chi connectivity index (χ0n) is 11.2. The maximum absolute atomic E-state index is 4.31. The average Bonchev–Trinajstić information content (AvgIpc) is 2.68. The molecule has 0 saturated heterocycles. The molecule has 1 N–H and O–H groups in total. The first kappa shape index (κ1) is 12.5. The smallest absolute Gasteiger partial charge is 0.0728 e. The summed E-state index contributed by atoms with van der Waals surface area (Å²) in [6.45, 7) is 5.39. The molecule has 1 heterocycles. The Balaban J connectivity index is 1.86. The Labute approximate surface area is 105 Å². The Morgan fingerprint density at radius 1 is 1.29 bits per heavy atom. The van der Waals surface area contributed by atoms with Gasteiger partial charge in [-0.2, -0.15) is 5.10 Å². The van der Waals surface area contributed by atoms with Gasteiger partial charge in [0.1, 0.15) is 0 Å². The molecule has 2 unspecified atom stereocenters. The lowest BCUT2D eigenvalue weighted by atomic mass is 9.98. The quantitative estimate of drug-likeness (QED) is 0.807. The van der Waals surface area contributed by atoms with Gasteiger partial charge in [0.05, 0.1) is 11.9 Å². The zero-order valence-corrected chi connectivity index (χ0v) is 11.2. The first-order chi connectivity index (χ1) is 8.31. The van der Waals surface area contributed by atoms with Gasteiger partial charge in [-0.3, -0.25) is 4.68 Å². The molecule has 0 aromatic carbocycles. The van der Waals surface area contributed by atoms with Gasteiger partial charge in [0, 0.05) is 18.8 Å². The van der Waals surface area contributed by atoms with Gasteiger partial charge in [0.25, 0.3) is 0 Å². The fraction of sp³-hybridized carbons (Fsp3) is 0.786. The van der Waals surface area contributed by atoms with Crippen molar-refractivity contribution < 1.29 is 0 Å². The Morgan fingerprint density at radius 2 is 2.18 bits per heavy atom. The summed E-state index contributed by atoms with van der Waals surface area (Å²) in [5, 5.41) is 7.95. The van der Waals surface area contributed by atoms with E-state index >= 15 is 0 Å². The van der Waals surface area contributed by atoms with Crippen molar-refractivity contribution in [3.8, 4) is 0 Å². The lowest BCUT2D eigenvalue weighted by Gasteiger charge is -2.16. The van der Waals surface area contributed by atoms with Crippen LogP contribution in [-0.4, -0.2) is 15.8 Å². The van der Waals surface area contributed by atoms with Gasteiger partial charge < -0.3 is 5.32 Å². The van der Waals surface area contributed by atoms with E-state index in [0.717, 1.165) is 12.5 Å². The van der Waals surface area contributed by atoms with Crippen LogP contribution in [0.3, 0.4) is 0 Å². The Bertz CT molecular complexity index is 332. The van der Waals surface area contributed by atoms with Gasteiger partial charge in [-0.25, -0.2) is 0 Å². The van der Waals surface area contributed by atoms with Crippen LogP contribution in [0.5, 0.6) is 0 Å². The highest BCUT2D eigenvalue weighted by atomic mass is 15.3. The predicted octanol–water partition coefficient (Wildman–Crippen LogP) is 3.67. The summed E-state index contributed by atoms with van der Waals surface area (Å²) in [6, 6.07) is 0.654. The third kappa shape index (κ3) is 3.48. The van der Waals surface area contributed by atoms with Crippen molar-refractivity contribution in [1.29, 1.82) is 0 Å². The third-order valence-corrected chi connectivity index (χ3v) is 3.99. The van der Waals surface area contributed by atoms with E-state index in [9.17, 15) is 0 Å². The highest BCUT2D eigenvalue weighted by molar-refractivity contribution is 5.39. The highest BCUT2D eigenvalue weighted by Gasteiger charge is 2.17. The molecule has 17 heavy (non-hydrogen) atoms. The molecule has 0 spiro atoms. The topological polar surface area (TPSA) is 29.9 Å². The third-order valence-electron chi connectivity index (χ3n) is 3.99. The van der Waals surface area contributed by atoms with Crippen molar-refractivity contribution >= 4 is 5.69 Å². The molecule has 3 heteroatoms. The summed E-state index contributed by atoms with van der Waals surface area (Å²) in [4.78, 5) is 0. The fourth-order valence-electron chi connectivity index (χ4n) is 2.78. The summed E-state index contributed by atoms with van der Waals surface area (Å²) >= 11 is 0. The Morgan fingerprint density at radius 3 is 2.88 bits per heavy atom. The van der Waals surface area contributed by atoms with E-state index in [-0.39, 0.29) is 0 Å². The van der Waals surface area contributed by atoms with Crippen LogP contribution in [-0.2, 0) is 6.54 Å². The van der Waals surface area contributed by atoms with Crippen LogP contribution in [0, 0.1) is 5.92 Å². The summed E-state index contributed by atoms with van der Waals surface area (Å²) in [5.74, 6) is 0.958. The van der Waals surface area contributed by atoms with Crippen molar-refractivity contribution in [2.75, 3.05) is 5.32 Å². The van der Waals surface area contributed by atoms with Gasteiger partial charge in [-0.15, -0.1) is 0 Å². The van der Waals surface area contributed by atoms with Crippen LogP contribution in [0.25, 0.3) is 0 Å². The van der Waals surface area contributed by atoms with Crippen LogP contribution in [0.2, 0.25) is 0 Å². The minimum Gasteiger partial charge on any atom is -0.380 e. The zero-order chi connectivity index (χ0) is 12.1. The highest BCUT2D eigenvalue weighted by Crippen LogP contribution is 2.27. The van der Waals surface area contributed by atoms with Crippen LogP contribution >= 0.6 is 0 Å². The van der Waals surface area contributed by atoms with E-state index in [4.69, 9.17) is 0 Å². The number of nitrogens with one attached hydrogen (secondary N) is 1. The minimum atomic E-state index is 0.654. The molecule has 2 atom stereocenters. The number of anilines is 1. The molecule has 3 nitrogen and oxygen atoms in total. The molecule has 1 aromatic heterocycles. The maximum atomic E-state index is 4.31. The van der Waals surface area contributed by atoms with E-state index in [1.54, 1.807) is 0 Å². The summed E-state index contributed by atoms with van der Waals surface area (Å²) < 4.78 is 1.98. The van der Waals surface area contributed by atoms with E-state index < -0.39 is 0 Å². The second-order valence-electron chi connectivity index (χ2n) is 5.21. The molecule has 2 rings (SSSR count). The Hall–Kier alpha value is -0.990. The van der Waals surface area contributed by atoms with Gasteiger partial charge in [-0.1, -0.05) is 26.2 Å². The Kier molecular flexibility index (Phi) is 4.46. The van der Waals surface area contributed by atoms with Gasteiger partial charge in [0.15, 0.2) is 0 Å². The summed E-state index contributed by atoms with van der Waals surface area (Å²) in [7, 11) is 0. The van der Waals surface area contributed by atoms with Crippen molar-refractivity contribution in [1.82, 2.24) is 9.78 Å². The molecule has 96 valence electrons. The molecule has 1 aromatic rings. The SMILES string of the molecule is CCC1CCCC(Nc2cnn(CC)c2)CC1. The standard InChI is InChI=1S/C14H25N3/c1-3-12-6-5-7-13(9-8-12)16-14-10-15-17(4-2)11-14/h10-13,16H,3-9H2,1-2H3. The molecule has 0 radical (unpaired) electrons. The second kappa shape index (κ2) is 6.08. The number of aromatic nitrogens is 2. The van der Waals surface area contributed by atoms with E-state index in [1.807, 2.05) is 10.9 Å². The van der Waals surface area contributed by atoms with Crippen LogP contribution < -0.4 is 5.32 Å². The number of hydrogen-bond acceptors (Lipinski definition) is 2. The van der Waals surface area contributed by atoms with E-state index in [0.29, 0.717) is 6.04 Å². The summed E-state index contributed by atoms with van der Waals surface area (Å²) in [5.41, 5.74) is 1.19. The monoisotopic (exact) mass is 235 g/mol. The number of nitrogens with zero attached hydrogens (tertiary/aromatic N) is 2. The molecule has 1 aliphatic rings.